The summed E-state index contributed by atoms with van der Waals surface area (Å²) in [5.74, 6) is -1.33. The Morgan fingerprint density at radius 3 is 2.86 bits per heavy atom. The smallest absolute Gasteiger partial charge is 0.325 e. The molecular weight excluding hydrogens is 284 g/mol. The zero-order valence-electron chi connectivity index (χ0n) is 12.8. The van der Waals surface area contributed by atoms with E-state index in [-0.39, 0.29) is 24.8 Å². The number of hydrogen-bond acceptors (Lipinski definition) is 4. The van der Waals surface area contributed by atoms with E-state index in [2.05, 4.69) is 10.1 Å². The number of nitrogens with zero attached hydrogens (tertiary/aromatic N) is 1. The first-order valence-corrected chi connectivity index (χ1v) is 7.29. The molecule has 0 aliphatic carbocycles. The van der Waals surface area contributed by atoms with E-state index in [0.29, 0.717) is 6.54 Å². The Kier molecular flexibility index (Phi) is 5.14. The van der Waals surface area contributed by atoms with Crippen molar-refractivity contribution in [3.05, 3.63) is 29.8 Å². The lowest BCUT2D eigenvalue weighted by molar-refractivity contribution is -0.141. The van der Waals surface area contributed by atoms with Crippen LogP contribution in [-0.2, 0) is 25.5 Å². The molecule has 0 radical (unpaired) electrons. The van der Waals surface area contributed by atoms with Crippen LogP contribution >= 0.6 is 0 Å². The number of ether oxygens (including phenoxy) is 1. The van der Waals surface area contributed by atoms with Crippen LogP contribution < -0.4 is 10.2 Å². The van der Waals surface area contributed by atoms with Crippen molar-refractivity contribution in [3.8, 4) is 0 Å². The molecule has 1 aromatic carbocycles. The van der Waals surface area contributed by atoms with Gasteiger partial charge in [-0.1, -0.05) is 19.1 Å². The quantitative estimate of drug-likeness (QED) is 0.820. The topological polar surface area (TPSA) is 75.7 Å². The van der Waals surface area contributed by atoms with Gasteiger partial charge in [0.15, 0.2) is 0 Å². The van der Waals surface area contributed by atoms with Gasteiger partial charge in [0.1, 0.15) is 6.54 Å². The number of hydrogen-bond donors (Lipinski definition) is 1. The van der Waals surface area contributed by atoms with Gasteiger partial charge in [-0.05, 0) is 24.1 Å². The van der Waals surface area contributed by atoms with Crippen LogP contribution in [0.3, 0.4) is 0 Å². The summed E-state index contributed by atoms with van der Waals surface area (Å²) in [5, 5.41) is 2.50. The van der Waals surface area contributed by atoms with Gasteiger partial charge in [-0.2, -0.15) is 0 Å². The van der Waals surface area contributed by atoms with Crippen molar-refractivity contribution in [1.82, 2.24) is 5.32 Å². The zero-order valence-corrected chi connectivity index (χ0v) is 12.8. The molecule has 6 heteroatoms. The molecule has 1 N–H and O–H groups in total. The second-order valence-corrected chi connectivity index (χ2v) is 5.22. The van der Waals surface area contributed by atoms with Gasteiger partial charge in [-0.3, -0.25) is 14.4 Å². The molecule has 0 saturated carbocycles. The summed E-state index contributed by atoms with van der Waals surface area (Å²) >= 11 is 0. The number of anilines is 1. The number of carbonyl (C=O) groups is 3. The van der Waals surface area contributed by atoms with Crippen molar-refractivity contribution in [2.75, 3.05) is 25.1 Å². The van der Waals surface area contributed by atoms with Gasteiger partial charge in [0.05, 0.1) is 13.0 Å². The Morgan fingerprint density at radius 2 is 2.18 bits per heavy atom. The van der Waals surface area contributed by atoms with Gasteiger partial charge in [-0.15, -0.1) is 0 Å². The first kappa shape index (κ1) is 16.0. The van der Waals surface area contributed by atoms with Crippen molar-refractivity contribution < 1.29 is 19.1 Å². The molecule has 2 amide bonds. The lowest BCUT2D eigenvalue weighted by atomic mass is 10.1. The summed E-state index contributed by atoms with van der Waals surface area (Å²) in [6, 6.07) is 7.75. The summed E-state index contributed by atoms with van der Waals surface area (Å²) in [4.78, 5) is 36.8. The molecule has 1 unspecified atom stereocenters. The molecule has 6 nitrogen and oxygen atoms in total. The number of aryl methyl sites for hydroxylation is 1. The number of carbonyl (C=O) groups excluding carboxylic acids is 3. The first-order valence-electron chi connectivity index (χ1n) is 7.29. The van der Waals surface area contributed by atoms with Crippen molar-refractivity contribution >= 4 is 23.5 Å². The SMILES string of the molecule is CCc1cccc(N2CC(C(=O)NCC(=O)OC)CC2=O)c1. The molecule has 1 aliphatic heterocycles. The zero-order chi connectivity index (χ0) is 16.1. The van der Waals surface area contributed by atoms with Crippen molar-refractivity contribution in [2.24, 2.45) is 5.92 Å². The minimum atomic E-state index is -0.509. The fourth-order valence-electron chi connectivity index (χ4n) is 2.45. The monoisotopic (exact) mass is 304 g/mol. The standard InChI is InChI=1S/C16H20N2O4/c1-3-11-5-4-6-13(7-11)18-10-12(8-14(18)19)16(21)17-9-15(20)22-2/h4-7,12H,3,8-10H2,1-2H3,(H,17,21). The molecule has 1 atom stereocenters. The van der Waals surface area contributed by atoms with E-state index < -0.39 is 11.9 Å². The fourth-order valence-corrected chi connectivity index (χ4v) is 2.45. The molecule has 1 fully saturated rings. The highest BCUT2D eigenvalue weighted by Gasteiger charge is 2.35. The second-order valence-electron chi connectivity index (χ2n) is 5.22. The van der Waals surface area contributed by atoms with Crippen LogP contribution in [0.4, 0.5) is 5.69 Å². The van der Waals surface area contributed by atoms with Crippen LogP contribution in [0.1, 0.15) is 18.9 Å². The average molecular weight is 304 g/mol. The van der Waals surface area contributed by atoms with E-state index in [0.717, 1.165) is 17.7 Å². The Morgan fingerprint density at radius 1 is 1.41 bits per heavy atom. The number of methoxy groups -OCH3 is 1. The Bertz CT molecular complexity index is 585. The van der Waals surface area contributed by atoms with E-state index in [4.69, 9.17) is 0 Å². The molecule has 118 valence electrons. The number of benzene rings is 1. The fraction of sp³-hybridized carbons (Fsp3) is 0.438. The van der Waals surface area contributed by atoms with Crippen LogP contribution in [-0.4, -0.2) is 38.0 Å². The molecule has 2 rings (SSSR count). The van der Waals surface area contributed by atoms with Crippen molar-refractivity contribution in [1.29, 1.82) is 0 Å². The summed E-state index contributed by atoms with van der Waals surface area (Å²) in [6.45, 7) is 2.21. The lowest BCUT2D eigenvalue weighted by Crippen LogP contribution is -2.36. The summed E-state index contributed by atoms with van der Waals surface area (Å²) in [7, 11) is 1.26. The Hall–Kier alpha value is -2.37. The third-order valence-electron chi connectivity index (χ3n) is 3.76. The largest absolute Gasteiger partial charge is 0.468 e. The Balaban J connectivity index is 2.01. The highest BCUT2D eigenvalue weighted by atomic mass is 16.5. The minimum Gasteiger partial charge on any atom is -0.468 e. The normalized spacial score (nSPS) is 17.5. The molecule has 1 saturated heterocycles. The third-order valence-corrected chi connectivity index (χ3v) is 3.76. The van der Waals surface area contributed by atoms with Crippen LogP contribution in [0.15, 0.2) is 24.3 Å². The summed E-state index contributed by atoms with van der Waals surface area (Å²) in [5.41, 5.74) is 1.96. The summed E-state index contributed by atoms with van der Waals surface area (Å²) in [6.07, 6.45) is 1.04. The minimum absolute atomic E-state index is 0.0773. The predicted octanol–water partition coefficient (Wildman–Crippen LogP) is 0.891. The molecule has 0 spiro atoms. The first-order chi connectivity index (χ1) is 10.5. The van der Waals surface area contributed by atoms with Gasteiger partial charge in [0.2, 0.25) is 11.8 Å². The van der Waals surface area contributed by atoms with Crippen LogP contribution in [0.25, 0.3) is 0 Å². The van der Waals surface area contributed by atoms with E-state index in [1.807, 2.05) is 31.2 Å². The van der Waals surface area contributed by atoms with Gasteiger partial charge in [0, 0.05) is 18.7 Å². The molecule has 1 aliphatic rings. The van der Waals surface area contributed by atoms with E-state index in [1.54, 1.807) is 4.90 Å². The van der Waals surface area contributed by atoms with Gasteiger partial charge >= 0.3 is 5.97 Å². The predicted molar refractivity (Wildman–Crippen MR) is 81.3 cm³/mol. The average Bonchev–Trinajstić information content (AvgIpc) is 2.94. The second kappa shape index (κ2) is 7.06. The third kappa shape index (κ3) is 3.63. The lowest BCUT2D eigenvalue weighted by Gasteiger charge is -2.17. The molecule has 22 heavy (non-hydrogen) atoms. The van der Waals surface area contributed by atoms with Gasteiger partial charge in [-0.25, -0.2) is 0 Å². The van der Waals surface area contributed by atoms with E-state index >= 15 is 0 Å². The Labute approximate surface area is 129 Å². The molecule has 0 bridgehead atoms. The van der Waals surface area contributed by atoms with Crippen molar-refractivity contribution in [3.63, 3.8) is 0 Å². The maximum Gasteiger partial charge on any atom is 0.325 e. The maximum absolute atomic E-state index is 12.1. The molecule has 1 heterocycles. The number of esters is 1. The molecule has 0 aromatic heterocycles. The summed E-state index contributed by atoms with van der Waals surface area (Å²) < 4.78 is 4.47. The van der Waals surface area contributed by atoms with Crippen molar-refractivity contribution in [2.45, 2.75) is 19.8 Å². The number of nitrogens with one attached hydrogen (secondary N) is 1. The maximum atomic E-state index is 12.1. The van der Waals surface area contributed by atoms with Crippen LogP contribution in [0.2, 0.25) is 0 Å². The van der Waals surface area contributed by atoms with Gasteiger partial charge in [0.25, 0.3) is 0 Å². The molecular formula is C16H20N2O4. The van der Waals surface area contributed by atoms with Crippen LogP contribution in [0.5, 0.6) is 0 Å². The van der Waals surface area contributed by atoms with E-state index in [9.17, 15) is 14.4 Å². The number of rotatable bonds is 5. The molecule has 1 aromatic rings. The highest BCUT2D eigenvalue weighted by molar-refractivity contribution is 6.00. The van der Waals surface area contributed by atoms with Crippen LogP contribution in [0, 0.1) is 5.92 Å². The number of amides is 2. The van der Waals surface area contributed by atoms with Gasteiger partial charge < -0.3 is 15.0 Å². The highest BCUT2D eigenvalue weighted by Crippen LogP contribution is 2.26. The van der Waals surface area contributed by atoms with E-state index in [1.165, 1.54) is 7.11 Å².